The van der Waals surface area contributed by atoms with Crippen molar-refractivity contribution in [2.45, 2.75) is 83.0 Å². The van der Waals surface area contributed by atoms with Crippen LogP contribution in [0.25, 0.3) is 0 Å². The number of hydrogen-bond acceptors (Lipinski definition) is 4. The maximum atomic E-state index is 13.7. The van der Waals surface area contributed by atoms with Crippen molar-refractivity contribution in [1.82, 2.24) is 10.6 Å². The van der Waals surface area contributed by atoms with Crippen molar-refractivity contribution in [2.24, 2.45) is 17.3 Å². The summed E-state index contributed by atoms with van der Waals surface area (Å²) in [5, 5.41) is 6.79. The molecule has 1 aliphatic heterocycles. The molecule has 5 fully saturated rings. The highest BCUT2D eigenvalue weighted by atomic mass is 35.5. The van der Waals surface area contributed by atoms with Gasteiger partial charge in [0.05, 0.1) is 17.6 Å². The Balaban J connectivity index is 1.21. The fourth-order valence-corrected chi connectivity index (χ4v) is 7.24. The molecule has 1 saturated heterocycles. The molecular formula is C30H36BClN2O4. The first kappa shape index (κ1) is 25.9. The van der Waals surface area contributed by atoms with Crippen LogP contribution in [0, 0.1) is 24.2 Å². The summed E-state index contributed by atoms with van der Waals surface area (Å²) >= 11 is 5.97. The summed E-state index contributed by atoms with van der Waals surface area (Å²) in [5.74, 6) is 0.243. The second-order valence-corrected chi connectivity index (χ2v) is 13.1. The summed E-state index contributed by atoms with van der Waals surface area (Å²) in [6, 6.07) is 15.0. The molecule has 4 aliphatic carbocycles. The summed E-state index contributed by atoms with van der Waals surface area (Å²) in [6.45, 7) is 8.95. The van der Waals surface area contributed by atoms with Gasteiger partial charge < -0.3 is 19.9 Å². The van der Waals surface area contributed by atoms with Crippen LogP contribution in [0.2, 0.25) is 5.02 Å². The van der Waals surface area contributed by atoms with Gasteiger partial charge in [-0.2, -0.15) is 0 Å². The Morgan fingerprint density at radius 3 is 2.50 bits per heavy atom. The minimum absolute atomic E-state index is 0.0284. The average Bonchev–Trinajstić information content (AvgIpc) is 3.56. The SMILES string of the molecule is Cc1cccc(C[C@H](NC(=O)C2(NC(=O)c3ccc(Cl)cc3)CC2)B2O[C@@H]3C[C@@H]4C[C@@H](C4(C)C)[C@]3(C)O2)c1. The molecule has 2 aromatic rings. The topological polar surface area (TPSA) is 76.7 Å². The third-order valence-electron chi connectivity index (χ3n) is 9.80. The highest BCUT2D eigenvalue weighted by molar-refractivity contribution is 6.48. The van der Waals surface area contributed by atoms with E-state index in [1.165, 1.54) is 6.42 Å². The maximum Gasteiger partial charge on any atom is 0.482 e. The van der Waals surface area contributed by atoms with Gasteiger partial charge in [0, 0.05) is 10.6 Å². The van der Waals surface area contributed by atoms with Gasteiger partial charge in [0.25, 0.3) is 5.91 Å². The van der Waals surface area contributed by atoms with Gasteiger partial charge in [-0.1, -0.05) is 55.3 Å². The molecule has 2 N–H and O–H groups in total. The number of carbonyl (C=O) groups excluding carboxylic acids is 2. The first-order valence-corrected chi connectivity index (χ1v) is 14.2. The highest BCUT2D eigenvalue weighted by Gasteiger charge is 2.68. The Morgan fingerprint density at radius 2 is 1.84 bits per heavy atom. The Labute approximate surface area is 230 Å². The first-order valence-electron chi connectivity index (χ1n) is 13.8. The van der Waals surface area contributed by atoms with Crippen LogP contribution in [0.5, 0.6) is 0 Å². The van der Waals surface area contributed by atoms with Crippen LogP contribution in [-0.2, 0) is 20.5 Å². The molecule has 0 spiro atoms. The number of carbonyl (C=O) groups is 2. The van der Waals surface area contributed by atoms with E-state index in [1.807, 2.05) is 6.07 Å². The number of hydrogen-bond donors (Lipinski definition) is 2. The van der Waals surface area contributed by atoms with Crippen molar-refractivity contribution in [3.63, 3.8) is 0 Å². The number of amides is 2. The molecule has 200 valence electrons. The van der Waals surface area contributed by atoms with Crippen molar-refractivity contribution < 1.29 is 18.9 Å². The molecule has 2 amide bonds. The Morgan fingerprint density at radius 1 is 1.11 bits per heavy atom. The Kier molecular flexibility index (Phi) is 6.21. The predicted molar refractivity (Wildman–Crippen MR) is 148 cm³/mol. The smallest absolute Gasteiger partial charge is 0.404 e. The van der Waals surface area contributed by atoms with Gasteiger partial charge in [-0.05, 0) is 93.0 Å². The molecule has 38 heavy (non-hydrogen) atoms. The molecule has 8 heteroatoms. The van der Waals surface area contributed by atoms with Gasteiger partial charge in [-0.25, -0.2) is 0 Å². The van der Waals surface area contributed by atoms with Gasteiger partial charge in [0.1, 0.15) is 5.54 Å². The van der Waals surface area contributed by atoms with Gasteiger partial charge in [0.15, 0.2) is 0 Å². The van der Waals surface area contributed by atoms with Crippen LogP contribution >= 0.6 is 11.6 Å². The largest absolute Gasteiger partial charge is 0.482 e. The number of rotatable bonds is 7. The molecule has 0 radical (unpaired) electrons. The van der Waals surface area contributed by atoms with E-state index in [-0.39, 0.29) is 34.9 Å². The van der Waals surface area contributed by atoms with E-state index in [9.17, 15) is 9.59 Å². The molecule has 0 unspecified atom stereocenters. The molecule has 6 nitrogen and oxygen atoms in total. The summed E-state index contributed by atoms with van der Waals surface area (Å²) < 4.78 is 13.3. The van der Waals surface area contributed by atoms with Crippen molar-refractivity contribution in [2.75, 3.05) is 0 Å². The maximum absolute atomic E-state index is 13.7. The number of benzene rings is 2. The van der Waals surface area contributed by atoms with Gasteiger partial charge in [-0.3, -0.25) is 9.59 Å². The highest BCUT2D eigenvalue weighted by Crippen LogP contribution is 2.65. The van der Waals surface area contributed by atoms with Crippen molar-refractivity contribution in [3.8, 4) is 0 Å². The summed E-state index contributed by atoms with van der Waals surface area (Å²) in [5.41, 5.74) is 1.72. The second-order valence-electron chi connectivity index (χ2n) is 12.7. The summed E-state index contributed by atoms with van der Waals surface area (Å²) in [6.07, 6.45) is 3.97. The lowest BCUT2D eigenvalue weighted by Crippen LogP contribution is -2.65. The lowest BCUT2D eigenvalue weighted by atomic mass is 9.43. The molecular weight excluding hydrogens is 499 g/mol. The van der Waals surface area contributed by atoms with Gasteiger partial charge in [0.2, 0.25) is 5.91 Å². The zero-order valence-electron chi connectivity index (χ0n) is 22.6. The molecule has 7 rings (SSSR count). The van der Waals surface area contributed by atoms with E-state index >= 15 is 0 Å². The minimum atomic E-state index is -0.916. The van der Waals surface area contributed by atoms with Gasteiger partial charge in [-0.15, -0.1) is 0 Å². The lowest BCUT2D eigenvalue weighted by Gasteiger charge is -2.64. The van der Waals surface area contributed by atoms with Crippen LogP contribution in [0.3, 0.4) is 0 Å². The molecule has 5 aliphatic rings. The molecule has 2 aromatic carbocycles. The molecule has 4 saturated carbocycles. The van der Waals surface area contributed by atoms with E-state index in [0.29, 0.717) is 41.7 Å². The molecule has 1 heterocycles. The van der Waals surface area contributed by atoms with E-state index in [4.69, 9.17) is 20.9 Å². The van der Waals surface area contributed by atoms with Crippen molar-refractivity contribution in [3.05, 3.63) is 70.2 Å². The normalized spacial score (nSPS) is 30.6. The summed E-state index contributed by atoms with van der Waals surface area (Å²) in [4.78, 5) is 26.6. The fourth-order valence-electron chi connectivity index (χ4n) is 7.11. The van der Waals surface area contributed by atoms with E-state index < -0.39 is 12.7 Å². The van der Waals surface area contributed by atoms with Crippen LogP contribution in [0.4, 0.5) is 0 Å². The zero-order valence-corrected chi connectivity index (χ0v) is 23.3. The molecule has 5 atom stereocenters. The molecule has 0 aromatic heterocycles. The van der Waals surface area contributed by atoms with E-state index in [2.05, 4.69) is 56.5 Å². The monoisotopic (exact) mass is 534 g/mol. The van der Waals surface area contributed by atoms with Crippen LogP contribution in [0.1, 0.15) is 67.9 Å². The third kappa shape index (κ3) is 4.37. The Hall–Kier alpha value is -2.35. The van der Waals surface area contributed by atoms with Crippen LogP contribution in [0.15, 0.2) is 48.5 Å². The third-order valence-corrected chi connectivity index (χ3v) is 10.0. The number of aryl methyl sites for hydroxylation is 1. The van der Waals surface area contributed by atoms with E-state index in [0.717, 1.165) is 17.5 Å². The minimum Gasteiger partial charge on any atom is -0.404 e. The first-order chi connectivity index (χ1) is 18.0. The Bertz CT molecular complexity index is 1260. The average molecular weight is 535 g/mol. The standard InChI is InChI=1S/C30H36BClN2O4/c1-18-6-5-7-19(14-18)15-25(31-37-24-17-21-16-23(28(21,2)3)29(24,4)38-31)33-27(36)30(12-13-30)34-26(35)20-8-10-22(32)11-9-20/h5-11,14,21,23-25H,12-13,15-17H2,1-4H3,(H,33,36)(H,34,35)/t21-,23-,24+,25-,29-/m0/s1. The number of nitrogens with one attached hydrogen (secondary N) is 2. The number of halogens is 1. The van der Waals surface area contributed by atoms with Gasteiger partial charge >= 0.3 is 7.12 Å². The zero-order chi connectivity index (χ0) is 26.9. The fraction of sp³-hybridized carbons (Fsp3) is 0.533. The summed E-state index contributed by atoms with van der Waals surface area (Å²) in [7, 11) is -0.549. The van der Waals surface area contributed by atoms with E-state index in [1.54, 1.807) is 24.3 Å². The van der Waals surface area contributed by atoms with Crippen LogP contribution < -0.4 is 10.6 Å². The quantitative estimate of drug-likeness (QED) is 0.495. The molecule has 2 bridgehead atoms. The lowest BCUT2D eigenvalue weighted by molar-refractivity contribution is -0.199. The predicted octanol–water partition coefficient (Wildman–Crippen LogP) is 4.91. The second kappa shape index (κ2) is 9.11. The van der Waals surface area contributed by atoms with Crippen molar-refractivity contribution >= 4 is 30.5 Å². The van der Waals surface area contributed by atoms with Crippen molar-refractivity contribution in [1.29, 1.82) is 0 Å². The van der Waals surface area contributed by atoms with Crippen LogP contribution in [-0.4, -0.2) is 42.1 Å².